The summed E-state index contributed by atoms with van der Waals surface area (Å²) in [5, 5.41) is 0. The van der Waals surface area contributed by atoms with E-state index in [0.29, 0.717) is 0 Å². The van der Waals surface area contributed by atoms with Crippen LogP contribution in [-0.4, -0.2) is 0 Å². The van der Waals surface area contributed by atoms with Crippen LogP contribution in [0.2, 0.25) is 0 Å². The summed E-state index contributed by atoms with van der Waals surface area (Å²) in [5.74, 6) is 0. The molecule has 1 unspecified atom stereocenters. The Morgan fingerprint density at radius 3 is 2.88 bits per heavy atom. The predicted molar refractivity (Wildman–Crippen MR) is 69.4 cm³/mol. The van der Waals surface area contributed by atoms with Crippen LogP contribution in [0.4, 0.5) is 0 Å². The fourth-order valence-electron chi connectivity index (χ4n) is 3.26. The summed E-state index contributed by atoms with van der Waals surface area (Å²) in [5.41, 5.74) is 6.47. The zero-order valence-corrected chi connectivity index (χ0v) is 10.1. The molecule has 0 heteroatoms. The molecule has 2 aliphatic rings. The summed E-state index contributed by atoms with van der Waals surface area (Å²) in [6, 6.07) is 8.93. The van der Waals surface area contributed by atoms with Crippen molar-refractivity contribution in [3.8, 4) is 0 Å². The molecule has 16 heavy (non-hydrogen) atoms. The lowest BCUT2D eigenvalue weighted by Crippen LogP contribution is -2.21. The molecular weight excluding hydrogens is 192 g/mol. The minimum atomic E-state index is 0.288. The second-order valence-corrected chi connectivity index (χ2v) is 5.06. The van der Waals surface area contributed by atoms with Crippen LogP contribution in [0.5, 0.6) is 0 Å². The van der Waals surface area contributed by atoms with Crippen LogP contribution >= 0.6 is 0 Å². The third-order valence-electron chi connectivity index (χ3n) is 4.36. The van der Waals surface area contributed by atoms with E-state index in [1.165, 1.54) is 36.0 Å². The number of rotatable bonds is 1. The molecule has 2 aliphatic carbocycles. The lowest BCUT2D eigenvalue weighted by Gasteiger charge is -2.29. The van der Waals surface area contributed by atoms with Crippen LogP contribution < -0.4 is 0 Å². The minimum Gasteiger partial charge on any atom is -0.0836 e. The van der Waals surface area contributed by atoms with Crippen LogP contribution in [0.1, 0.15) is 44.2 Å². The highest BCUT2D eigenvalue weighted by atomic mass is 14.4. The van der Waals surface area contributed by atoms with Crippen molar-refractivity contribution >= 4 is 5.57 Å². The van der Waals surface area contributed by atoms with Gasteiger partial charge in [0.2, 0.25) is 0 Å². The second-order valence-electron chi connectivity index (χ2n) is 5.06. The average molecular weight is 210 g/mol. The first kappa shape index (κ1) is 9.89. The Morgan fingerprint density at radius 1 is 1.25 bits per heavy atom. The lowest BCUT2D eigenvalue weighted by molar-refractivity contribution is 0.527. The topological polar surface area (TPSA) is 0 Å². The lowest BCUT2D eigenvalue weighted by atomic mass is 9.75. The van der Waals surface area contributed by atoms with Crippen molar-refractivity contribution in [2.75, 3.05) is 0 Å². The number of fused-ring (bicyclic) bond motifs is 2. The van der Waals surface area contributed by atoms with E-state index in [-0.39, 0.29) is 5.41 Å². The first-order valence-electron chi connectivity index (χ1n) is 6.27. The van der Waals surface area contributed by atoms with Gasteiger partial charge in [-0.1, -0.05) is 55.8 Å². The largest absolute Gasteiger partial charge is 0.0836 e. The average Bonchev–Trinajstić information content (AvgIpc) is 2.62. The molecule has 0 aromatic heterocycles. The molecule has 0 nitrogen and oxygen atoms in total. The van der Waals surface area contributed by atoms with Gasteiger partial charge in [-0.15, -0.1) is 0 Å². The maximum atomic E-state index is 2.41. The Labute approximate surface area is 97.7 Å². The van der Waals surface area contributed by atoms with Crippen molar-refractivity contribution in [3.63, 3.8) is 0 Å². The van der Waals surface area contributed by atoms with E-state index in [2.05, 4.69) is 50.3 Å². The highest BCUT2D eigenvalue weighted by Gasteiger charge is 2.38. The van der Waals surface area contributed by atoms with Crippen molar-refractivity contribution in [2.24, 2.45) is 0 Å². The summed E-state index contributed by atoms with van der Waals surface area (Å²) in [7, 11) is 0. The Hall–Kier alpha value is -1.30. The third kappa shape index (κ3) is 1.10. The van der Waals surface area contributed by atoms with Crippen molar-refractivity contribution in [3.05, 3.63) is 53.1 Å². The van der Waals surface area contributed by atoms with E-state index >= 15 is 0 Å². The van der Waals surface area contributed by atoms with Gasteiger partial charge in [-0.3, -0.25) is 0 Å². The van der Waals surface area contributed by atoms with E-state index in [0.717, 1.165) is 0 Å². The normalized spacial score (nSPS) is 26.9. The monoisotopic (exact) mass is 210 g/mol. The Morgan fingerprint density at radius 2 is 2.06 bits per heavy atom. The Kier molecular flexibility index (Phi) is 2.07. The first-order valence-corrected chi connectivity index (χ1v) is 6.27. The molecule has 0 bridgehead atoms. The van der Waals surface area contributed by atoms with Crippen molar-refractivity contribution < 1.29 is 0 Å². The van der Waals surface area contributed by atoms with Gasteiger partial charge in [0.25, 0.3) is 0 Å². The third-order valence-corrected chi connectivity index (χ3v) is 4.36. The molecular formula is C16H18. The van der Waals surface area contributed by atoms with Gasteiger partial charge in [-0.25, -0.2) is 0 Å². The van der Waals surface area contributed by atoms with E-state index < -0.39 is 0 Å². The molecule has 1 atom stereocenters. The van der Waals surface area contributed by atoms with Gasteiger partial charge in [0.15, 0.2) is 0 Å². The summed E-state index contributed by atoms with van der Waals surface area (Å²) in [6.45, 7) is 4.72. The molecule has 0 saturated carbocycles. The first-order chi connectivity index (χ1) is 7.77. The van der Waals surface area contributed by atoms with Crippen molar-refractivity contribution in [2.45, 2.75) is 38.5 Å². The number of allylic oxidation sites excluding steroid dienone is 4. The Bertz CT molecular complexity index is 491. The smallest absolute Gasteiger partial charge is 0.0146 e. The zero-order valence-electron chi connectivity index (χ0n) is 10.1. The summed E-state index contributed by atoms with van der Waals surface area (Å²) in [6.07, 6.45) is 8.31. The maximum absolute atomic E-state index is 2.41. The molecule has 3 rings (SSSR count). The maximum Gasteiger partial charge on any atom is 0.0146 e. The van der Waals surface area contributed by atoms with Gasteiger partial charge >= 0.3 is 0 Å². The highest BCUT2D eigenvalue weighted by Crippen LogP contribution is 2.51. The minimum absolute atomic E-state index is 0.288. The summed E-state index contributed by atoms with van der Waals surface area (Å²) < 4.78 is 0. The van der Waals surface area contributed by atoms with Gasteiger partial charge in [0.05, 0.1) is 0 Å². The van der Waals surface area contributed by atoms with Gasteiger partial charge in [-0.05, 0) is 36.0 Å². The van der Waals surface area contributed by atoms with E-state index in [9.17, 15) is 0 Å². The highest BCUT2D eigenvalue weighted by molar-refractivity contribution is 5.86. The fraction of sp³-hybridized carbons (Fsp3) is 0.375. The van der Waals surface area contributed by atoms with E-state index in [1.807, 2.05) is 0 Å². The molecule has 1 aromatic carbocycles. The van der Waals surface area contributed by atoms with Crippen LogP contribution in [-0.2, 0) is 5.41 Å². The van der Waals surface area contributed by atoms with Crippen LogP contribution in [0.3, 0.4) is 0 Å². The van der Waals surface area contributed by atoms with E-state index in [4.69, 9.17) is 0 Å². The van der Waals surface area contributed by atoms with Crippen molar-refractivity contribution in [1.29, 1.82) is 0 Å². The van der Waals surface area contributed by atoms with Gasteiger partial charge < -0.3 is 0 Å². The molecule has 0 aliphatic heterocycles. The van der Waals surface area contributed by atoms with Crippen LogP contribution in [0.25, 0.3) is 5.57 Å². The molecule has 82 valence electrons. The summed E-state index contributed by atoms with van der Waals surface area (Å²) >= 11 is 0. The van der Waals surface area contributed by atoms with Crippen molar-refractivity contribution in [1.82, 2.24) is 0 Å². The molecule has 0 radical (unpaired) electrons. The molecule has 0 spiro atoms. The molecule has 0 N–H and O–H groups in total. The number of hydrogen-bond acceptors (Lipinski definition) is 0. The number of hydrogen-bond donors (Lipinski definition) is 0. The molecule has 0 amide bonds. The zero-order chi connectivity index (χ0) is 11.2. The molecule has 0 heterocycles. The Balaban J connectivity index is 2.28. The quantitative estimate of drug-likeness (QED) is 0.641. The van der Waals surface area contributed by atoms with Crippen LogP contribution in [0.15, 0.2) is 42.0 Å². The molecule has 1 aromatic rings. The van der Waals surface area contributed by atoms with Gasteiger partial charge in [-0.2, -0.15) is 0 Å². The SMILES string of the molecule is CCC1(C)C2=C(C=CCC2)c2ccccc21. The fourth-order valence-corrected chi connectivity index (χ4v) is 3.26. The predicted octanol–water partition coefficient (Wildman–Crippen LogP) is 4.47. The summed E-state index contributed by atoms with van der Waals surface area (Å²) in [4.78, 5) is 0. The van der Waals surface area contributed by atoms with E-state index in [1.54, 1.807) is 5.57 Å². The standard InChI is InChI=1S/C16H18/c1-3-16(2)14-10-6-4-8-12(14)13-9-5-7-11-15(13)16/h4-6,8-10H,3,7,11H2,1-2H3. The van der Waals surface area contributed by atoms with Gasteiger partial charge in [0.1, 0.15) is 0 Å². The molecule has 0 saturated heterocycles. The second kappa shape index (κ2) is 3.35. The van der Waals surface area contributed by atoms with Crippen LogP contribution in [0, 0.1) is 0 Å². The van der Waals surface area contributed by atoms with Gasteiger partial charge in [0, 0.05) is 5.41 Å². The number of benzene rings is 1. The molecule has 0 fully saturated rings.